The maximum Gasteiger partial charge on any atom is 0.303 e. The molecule has 3 fully saturated rings. The molecular formula is C31H42O10Si. The predicted octanol–water partition coefficient (Wildman–Crippen LogP) is 1.83. The van der Waals surface area contributed by atoms with E-state index < -0.39 is 68.8 Å². The van der Waals surface area contributed by atoms with E-state index in [4.69, 9.17) is 32.8 Å². The molecule has 0 unspecified atom stereocenters. The van der Waals surface area contributed by atoms with E-state index in [9.17, 15) is 15.0 Å². The summed E-state index contributed by atoms with van der Waals surface area (Å²) in [6.45, 7) is 11.2. The van der Waals surface area contributed by atoms with Crippen LogP contribution >= 0.6 is 0 Å². The van der Waals surface area contributed by atoms with Crippen LogP contribution in [-0.4, -0.2) is 92.7 Å². The highest BCUT2D eigenvalue weighted by Crippen LogP contribution is 2.51. The zero-order chi connectivity index (χ0) is 30.5. The average Bonchev–Trinajstić information content (AvgIpc) is 3.39. The summed E-state index contributed by atoms with van der Waals surface area (Å²) in [5.41, 5.74) is -1.64. The second-order valence-electron chi connectivity index (χ2n) is 12.6. The Morgan fingerprint density at radius 1 is 0.929 bits per heavy atom. The standard InChI is InChI=1S/C31H42O10Si/c1-19(32)37-25-23(33)24(34)27(35-7)41-31(25)22(38-28-26(31)39-30(5,6)40-28)18-36-42(29(2,3)4,20-14-10-8-11-15-20)21-16-12-9-13-17-21/h8-17,22-28,33-34H,18H2,1-7H3/t22-,23-,24+,25+,26-,27-,28+,31-/m1/s1. The quantitative estimate of drug-likeness (QED) is 0.359. The van der Waals surface area contributed by atoms with Crippen LogP contribution < -0.4 is 10.4 Å². The highest BCUT2D eigenvalue weighted by atomic mass is 28.4. The Morgan fingerprint density at radius 3 is 2.00 bits per heavy atom. The van der Waals surface area contributed by atoms with E-state index in [1.165, 1.54) is 14.0 Å². The van der Waals surface area contributed by atoms with Gasteiger partial charge in [0.15, 0.2) is 30.1 Å². The first-order valence-corrected chi connectivity index (χ1v) is 16.2. The van der Waals surface area contributed by atoms with Gasteiger partial charge < -0.3 is 43.1 Å². The Labute approximate surface area is 247 Å². The molecule has 0 aliphatic carbocycles. The van der Waals surface area contributed by atoms with Crippen LogP contribution in [0.2, 0.25) is 5.04 Å². The fraction of sp³-hybridized carbons (Fsp3) is 0.581. The normalized spacial score (nSPS) is 34.4. The van der Waals surface area contributed by atoms with Crippen molar-refractivity contribution in [3.63, 3.8) is 0 Å². The fourth-order valence-electron chi connectivity index (χ4n) is 6.68. The van der Waals surface area contributed by atoms with Crippen molar-refractivity contribution in [3.8, 4) is 0 Å². The van der Waals surface area contributed by atoms with Crippen LogP contribution in [0.4, 0.5) is 0 Å². The maximum absolute atomic E-state index is 12.4. The van der Waals surface area contributed by atoms with E-state index in [-0.39, 0.29) is 11.6 Å². The lowest BCUT2D eigenvalue weighted by Crippen LogP contribution is -2.74. The molecule has 0 bridgehead atoms. The second-order valence-corrected chi connectivity index (χ2v) is 16.9. The monoisotopic (exact) mass is 602 g/mol. The lowest BCUT2D eigenvalue weighted by Gasteiger charge is -2.51. The van der Waals surface area contributed by atoms with Gasteiger partial charge in [0, 0.05) is 14.0 Å². The third-order valence-corrected chi connectivity index (χ3v) is 13.4. The molecule has 1 spiro atoms. The maximum atomic E-state index is 12.4. The predicted molar refractivity (Wildman–Crippen MR) is 154 cm³/mol. The number of methoxy groups -OCH3 is 1. The number of hydrogen-bond donors (Lipinski definition) is 2. The largest absolute Gasteiger partial charge is 0.456 e. The minimum absolute atomic E-state index is 0.0234. The van der Waals surface area contributed by atoms with Crippen LogP contribution in [0, 0.1) is 0 Å². The van der Waals surface area contributed by atoms with E-state index >= 15 is 0 Å². The molecule has 11 heteroatoms. The van der Waals surface area contributed by atoms with E-state index in [0.29, 0.717) is 0 Å². The van der Waals surface area contributed by atoms with Crippen molar-refractivity contribution < 1.29 is 47.9 Å². The summed E-state index contributed by atoms with van der Waals surface area (Å²) < 4.78 is 43.6. The summed E-state index contributed by atoms with van der Waals surface area (Å²) >= 11 is 0. The van der Waals surface area contributed by atoms with Crippen molar-refractivity contribution in [2.24, 2.45) is 0 Å². The molecule has 3 saturated heterocycles. The Kier molecular flexibility index (Phi) is 8.47. The van der Waals surface area contributed by atoms with Gasteiger partial charge in [-0.05, 0) is 29.3 Å². The lowest BCUT2D eigenvalue weighted by atomic mass is 9.79. The van der Waals surface area contributed by atoms with Gasteiger partial charge >= 0.3 is 5.97 Å². The van der Waals surface area contributed by atoms with Crippen LogP contribution in [0.1, 0.15) is 41.5 Å². The van der Waals surface area contributed by atoms with Gasteiger partial charge in [-0.2, -0.15) is 0 Å². The van der Waals surface area contributed by atoms with Gasteiger partial charge in [-0.1, -0.05) is 81.4 Å². The zero-order valence-corrected chi connectivity index (χ0v) is 26.2. The van der Waals surface area contributed by atoms with Crippen molar-refractivity contribution in [2.75, 3.05) is 13.7 Å². The molecular weight excluding hydrogens is 560 g/mol. The van der Waals surface area contributed by atoms with Gasteiger partial charge in [0.2, 0.25) is 0 Å². The summed E-state index contributed by atoms with van der Waals surface area (Å²) in [5.74, 6) is -1.72. The van der Waals surface area contributed by atoms with E-state index in [1.807, 2.05) is 36.4 Å². The molecule has 2 aromatic rings. The number of esters is 1. The van der Waals surface area contributed by atoms with E-state index in [0.717, 1.165) is 10.4 Å². The Morgan fingerprint density at radius 2 is 1.50 bits per heavy atom. The molecule has 0 saturated carbocycles. The van der Waals surface area contributed by atoms with Crippen LogP contribution in [0.25, 0.3) is 0 Å². The Bertz CT molecular complexity index is 1200. The molecule has 0 aromatic heterocycles. The number of hydrogen-bond acceptors (Lipinski definition) is 10. The van der Waals surface area contributed by atoms with Crippen molar-refractivity contribution in [1.29, 1.82) is 0 Å². The number of aliphatic hydroxyl groups excluding tert-OH is 2. The molecule has 8 atom stereocenters. The van der Waals surface area contributed by atoms with Crippen molar-refractivity contribution >= 4 is 24.7 Å². The first-order chi connectivity index (χ1) is 19.8. The molecule has 42 heavy (non-hydrogen) atoms. The van der Waals surface area contributed by atoms with Crippen LogP contribution in [0.5, 0.6) is 0 Å². The molecule has 10 nitrogen and oxygen atoms in total. The van der Waals surface area contributed by atoms with Gasteiger partial charge in [-0.3, -0.25) is 4.79 Å². The van der Waals surface area contributed by atoms with Gasteiger partial charge in [-0.15, -0.1) is 0 Å². The topological polar surface area (TPSA) is 122 Å². The molecule has 2 N–H and O–H groups in total. The number of ether oxygens (including phenoxy) is 6. The minimum Gasteiger partial charge on any atom is -0.456 e. The highest BCUT2D eigenvalue weighted by Gasteiger charge is 2.73. The number of carbonyl (C=O) groups excluding carboxylic acids is 1. The summed E-state index contributed by atoms with van der Waals surface area (Å²) in [6.07, 6.45) is -8.53. The third kappa shape index (κ3) is 5.14. The van der Waals surface area contributed by atoms with Crippen LogP contribution in [-0.2, 0) is 37.6 Å². The van der Waals surface area contributed by atoms with Gasteiger partial charge in [-0.25, -0.2) is 0 Å². The minimum atomic E-state index is -3.04. The van der Waals surface area contributed by atoms with Crippen molar-refractivity contribution in [3.05, 3.63) is 60.7 Å². The summed E-state index contributed by atoms with van der Waals surface area (Å²) in [4.78, 5) is 12.4. The molecule has 3 aliphatic heterocycles. The van der Waals surface area contributed by atoms with Crippen molar-refractivity contribution in [1.82, 2.24) is 0 Å². The summed E-state index contributed by atoms with van der Waals surface area (Å²) in [5, 5.41) is 23.9. The molecule has 0 amide bonds. The third-order valence-electron chi connectivity index (χ3n) is 8.40. The summed E-state index contributed by atoms with van der Waals surface area (Å²) in [7, 11) is -1.68. The molecule has 0 radical (unpaired) electrons. The Hall–Kier alpha value is -2.19. The van der Waals surface area contributed by atoms with Gasteiger partial charge in [0.05, 0.1) is 6.61 Å². The first-order valence-electron chi connectivity index (χ1n) is 14.3. The first kappa shape index (κ1) is 31.2. The molecule has 3 aliphatic rings. The zero-order valence-electron chi connectivity index (χ0n) is 25.2. The number of rotatable bonds is 7. The van der Waals surface area contributed by atoms with Gasteiger partial charge in [0.25, 0.3) is 8.32 Å². The fourth-order valence-corrected chi connectivity index (χ4v) is 11.2. The van der Waals surface area contributed by atoms with Crippen molar-refractivity contribution in [2.45, 2.75) is 101 Å². The number of benzene rings is 2. The number of carbonyl (C=O) groups is 1. The molecule has 5 rings (SSSR count). The van der Waals surface area contributed by atoms with Crippen LogP contribution in [0.3, 0.4) is 0 Å². The molecule has 3 heterocycles. The highest BCUT2D eigenvalue weighted by molar-refractivity contribution is 6.99. The van der Waals surface area contributed by atoms with Crippen LogP contribution in [0.15, 0.2) is 60.7 Å². The molecule has 2 aromatic carbocycles. The summed E-state index contributed by atoms with van der Waals surface area (Å²) in [6, 6.07) is 20.3. The smallest absolute Gasteiger partial charge is 0.303 e. The average molecular weight is 603 g/mol. The van der Waals surface area contributed by atoms with E-state index in [2.05, 4.69) is 45.0 Å². The number of aliphatic hydroxyl groups is 2. The molecule has 230 valence electrons. The Balaban J connectivity index is 1.63. The van der Waals surface area contributed by atoms with E-state index in [1.54, 1.807) is 13.8 Å². The second kappa shape index (κ2) is 11.4. The lowest BCUT2D eigenvalue weighted by molar-refractivity contribution is -0.359. The van der Waals surface area contributed by atoms with Gasteiger partial charge in [0.1, 0.15) is 24.4 Å². The SMILES string of the molecule is CO[C@@H]1O[C@@]2([C@@H]3OC(C)(C)O[C@@H]3O[C@@H]2CO[Si](c2ccccc2)(c2ccccc2)C(C)(C)C)[C@@H](OC(C)=O)[C@H](O)[C@@H]1O. The number of fused-ring (bicyclic) bond motifs is 2.